The highest BCUT2D eigenvalue weighted by Crippen LogP contribution is 2.23. The van der Waals surface area contributed by atoms with Gasteiger partial charge in [-0.1, -0.05) is 12.1 Å². The molecule has 0 unspecified atom stereocenters. The molecule has 0 aliphatic carbocycles. The fourth-order valence-corrected chi connectivity index (χ4v) is 2.41. The van der Waals surface area contributed by atoms with Crippen molar-refractivity contribution in [3.05, 3.63) is 78.0 Å². The fourth-order valence-electron chi connectivity index (χ4n) is 2.41. The van der Waals surface area contributed by atoms with Crippen molar-refractivity contribution in [2.75, 3.05) is 17.7 Å². The van der Waals surface area contributed by atoms with Gasteiger partial charge in [-0.15, -0.1) is 0 Å². The first-order valence-electron chi connectivity index (χ1n) is 7.90. The van der Waals surface area contributed by atoms with Crippen molar-refractivity contribution in [1.29, 1.82) is 0 Å². The highest BCUT2D eigenvalue weighted by molar-refractivity contribution is 6.08. The minimum absolute atomic E-state index is 0.213. The molecule has 1 aromatic heterocycles. The second-order valence-electron chi connectivity index (χ2n) is 5.57. The standard InChI is InChI=1S/C20H19N3O2/c1-14-11-12-21-19(13-14)23-20(24)17-5-3-4-6-18(17)22-15-7-9-16(25-2)10-8-15/h3-13,22H,1-2H3,(H,21,23,24). The summed E-state index contributed by atoms with van der Waals surface area (Å²) in [6, 6.07) is 18.6. The second-order valence-corrected chi connectivity index (χ2v) is 5.57. The van der Waals surface area contributed by atoms with E-state index in [1.807, 2.05) is 61.5 Å². The molecular weight excluding hydrogens is 314 g/mol. The molecule has 25 heavy (non-hydrogen) atoms. The van der Waals surface area contributed by atoms with Crippen LogP contribution in [0.15, 0.2) is 66.9 Å². The zero-order chi connectivity index (χ0) is 17.6. The quantitative estimate of drug-likeness (QED) is 0.727. The van der Waals surface area contributed by atoms with E-state index < -0.39 is 0 Å². The number of anilines is 3. The number of pyridine rings is 1. The minimum atomic E-state index is -0.213. The number of carbonyl (C=O) groups is 1. The molecule has 126 valence electrons. The molecule has 1 heterocycles. The lowest BCUT2D eigenvalue weighted by Gasteiger charge is -2.12. The number of benzene rings is 2. The molecular formula is C20H19N3O2. The predicted molar refractivity (Wildman–Crippen MR) is 99.6 cm³/mol. The zero-order valence-electron chi connectivity index (χ0n) is 14.1. The molecule has 0 radical (unpaired) electrons. The number of methoxy groups -OCH3 is 1. The lowest BCUT2D eigenvalue weighted by Crippen LogP contribution is -2.14. The largest absolute Gasteiger partial charge is 0.497 e. The molecule has 3 aromatic rings. The van der Waals surface area contributed by atoms with Gasteiger partial charge in [0.1, 0.15) is 11.6 Å². The number of rotatable bonds is 5. The van der Waals surface area contributed by atoms with Gasteiger partial charge in [-0.2, -0.15) is 0 Å². The van der Waals surface area contributed by atoms with Crippen LogP contribution in [0.4, 0.5) is 17.2 Å². The van der Waals surface area contributed by atoms with Crippen LogP contribution >= 0.6 is 0 Å². The third-order valence-corrected chi connectivity index (χ3v) is 3.70. The maximum atomic E-state index is 12.6. The molecule has 2 aromatic carbocycles. The summed E-state index contributed by atoms with van der Waals surface area (Å²) in [5.41, 5.74) is 3.17. The van der Waals surface area contributed by atoms with E-state index in [2.05, 4.69) is 15.6 Å². The monoisotopic (exact) mass is 333 g/mol. The molecule has 5 nitrogen and oxygen atoms in total. The van der Waals surface area contributed by atoms with Crippen LogP contribution in [0.1, 0.15) is 15.9 Å². The molecule has 0 aliphatic rings. The van der Waals surface area contributed by atoms with Gasteiger partial charge >= 0.3 is 0 Å². The van der Waals surface area contributed by atoms with E-state index in [4.69, 9.17) is 4.74 Å². The van der Waals surface area contributed by atoms with Gasteiger partial charge in [-0.25, -0.2) is 4.98 Å². The van der Waals surface area contributed by atoms with E-state index in [-0.39, 0.29) is 5.91 Å². The molecule has 0 bridgehead atoms. The van der Waals surface area contributed by atoms with Crippen LogP contribution in [0.2, 0.25) is 0 Å². The molecule has 2 N–H and O–H groups in total. The third kappa shape index (κ3) is 4.14. The Labute approximate surface area is 146 Å². The van der Waals surface area contributed by atoms with Crippen LogP contribution in [0.5, 0.6) is 5.75 Å². The summed E-state index contributed by atoms with van der Waals surface area (Å²) in [5, 5.41) is 6.10. The van der Waals surface area contributed by atoms with Crippen LogP contribution < -0.4 is 15.4 Å². The van der Waals surface area contributed by atoms with E-state index in [1.165, 1.54) is 0 Å². The molecule has 0 spiro atoms. The van der Waals surface area contributed by atoms with Gasteiger partial charge in [0.15, 0.2) is 0 Å². The maximum absolute atomic E-state index is 12.6. The van der Waals surface area contributed by atoms with Crippen LogP contribution in [0.25, 0.3) is 0 Å². The van der Waals surface area contributed by atoms with E-state index >= 15 is 0 Å². The van der Waals surface area contributed by atoms with E-state index in [1.54, 1.807) is 19.4 Å². The molecule has 1 amide bonds. The van der Waals surface area contributed by atoms with E-state index in [9.17, 15) is 4.79 Å². The zero-order valence-corrected chi connectivity index (χ0v) is 14.1. The fraction of sp³-hybridized carbons (Fsp3) is 0.100. The highest BCUT2D eigenvalue weighted by atomic mass is 16.5. The van der Waals surface area contributed by atoms with Gasteiger partial charge in [-0.3, -0.25) is 4.79 Å². The number of para-hydroxylation sites is 1. The first-order chi connectivity index (χ1) is 12.2. The Kier molecular flexibility index (Phi) is 4.95. The summed E-state index contributed by atoms with van der Waals surface area (Å²) in [7, 11) is 1.63. The Hall–Kier alpha value is -3.34. The number of amides is 1. The average molecular weight is 333 g/mol. The third-order valence-electron chi connectivity index (χ3n) is 3.70. The topological polar surface area (TPSA) is 63.2 Å². The summed E-state index contributed by atoms with van der Waals surface area (Å²) in [4.78, 5) is 16.8. The Morgan fingerprint density at radius 2 is 1.80 bits per heavy atom. The SMILES string of the molecule is COc1ccc(Nc2ccccc2C(=O)Nc2cc(C)ccn2)cc1. The molecule has 0 atom stereocenters. The van der Waals surface area contributed by atoms with Gasteiger partial charge < -0.3 is 15.4 Å². The Morgan fingerprint density at radius 1 is 1.04 bits per heavy atom. The van der Waals surface area contributed by atoms with Crippen molar-refractivity contribution in [3.8, 4) is 5.75 Å². The van der Waals surface area contributed by atoms with Crippen LogP contribution in [-0.2, 0) is 0 Å². The smallest absolute Gasteiger partial charge is 0.258 e. The Balaban J connectivity index is 1.81. The lowest BCUT2D eigenvalue weighted by atomic mass is 10.1. The van der Waals surface area contributed by atoms with Crippen LogP contribution in [0.3, 0.4) is 0 Å². The highest BCUT2D eigenvalue weighted by Gasteiger charge is 2.12. The number of hydrogen-bond acceptors (Lipinski definition) is 4. The Bertz CT molecular complexity index is 876. The number of nitrogens with zero attached hydrogens (tertiary/aromatic N) is 1. The number of ether oxygens (including phenoxy) is 1. The van der Waals surface area contributed by atoms with Crippen LogP contribution in [0, 0.1) is 6.92 Å². The van der Waals surface area contributed by atoms with E-state index in [0.29, 0.717) is 11.4 Å². The van der Waals surface area contributed by atoms with Gasteiger partial charge in [0.2, 0.25) is 0 Å². The van der Waals surface area contributed by atoms with Crippen molar-refractivity contribution in [3.63, 3.8) is 0 Å². The van der Waals surface area contributed by atoms with Gasteiger partial charge in [0.25, 0.3) is 5.91 Å². The summed E-state index contributed by atoms with van der Waals surface area (Å²) < 4.78 is 5.16. The number of nitrogens with one attached hydrogen (secondary N) is 2. The normalized spacial score (nSPS) is 10.2. The molecule has 0 saturated carbocycles. The van der Waals surface area contributed by atoms with E-state index in [0.717, 1.165) is 22.7 Å². The van der Waals surface area contributed by atoms with Crippen molar-refractivity contribution < 1.29 is 9.53 Å². The summed E-state index contributed by atoms with van der Waals surface area (Å²) in [5.74, 6) is 1.10. The average Bonchev–Trinajstić information content (AvgIpc) is 2.63. The summed E-state index contributed by atoms with van der Waals surface area (Å²) >= 11 is 0. The molecule has 0 aliphatic heterocycles. The van der Waals surface area contributed by atoms with Crippen molar-refractivity contribution in [2.45, 2.75) is 6.92 Å². The number of carbonyl (C=O) groups excluding carboxylic acids is 1. The molecule has 0 saturated heterocycles. The Morgan fingerprint density at radius 3 is 2.52 bits per heavy atom. The summed E-state index contributed by atoms with van der Waals surface area (Å²) in [6.45, 7) is 1.95. The maximum Gasteiger partial charge on any atom is 0.258 e. The summed E-state index contributed by atoms with van der Waals surface area (Å²) in [6.07, 6.45) is 1.67. The predicted octanol–water partition coefficient (Wildman–Crippen LogP) is 4.39. The molecule has 0 fully saturated rings. The first-order valence-corrected chi connectivity index (χ1v) is 7.90. The number of hydrogen-bond donors (Lipinski definition) is 2. The van der Waals surface area contributed by atoms with Crippen molar-refractivity contribution in [2.24, 2.45) is 0 Å². The minimum Gasteiger partial charge on any atom is -0.497 e. The number of aromatic nitrogens is 1. The van der Waals surface area contributed by atoms with Gasteiger partial charge in [-0.05, 0) is 61.0 Å². The van der Waals surface area contributed by atoms with Crippen molar-refractivity contribution >= 4 is 23.1 Å². The van der Waals surface area contributed by atoms with Crippen LogP contribution in [-0.4, -0.2) is 18.0 Å². The second kappa shape index (κ2) is 7.49. The lowest BCUT2D eigenvalue weighted by molar-refractivity contribution is 0.102. The molecule has 5 heteroatoms. The first kappa shape index (κ1) is 16.5. The van der Waals surface area contributed by atoms with Crippen molar-refractivity contribution in [1.82, 2.24) is 4.98 Å². The van der Waals surface area contributed by atoms with Gasteiger partial charge in [0.05, 0.1) is 18.4 Å². The molecule has 3 rings (SSSR count). The van der Waals surface area contributed by atoms with Gasteiger partial charge in [0, 0.05) is 11.9 Å². The number of aryl methyl sites for hydroxylation is 1.